The predicted molar refractivity (Wildman–Crippen MR) is 113 cm³/mol. The number of hydrogen-bond donors (Lipinski definition) is 0. The van der Waals surface area contributed by atoms with E-state index in [0.29, 0.717) is 10.7 Å². The Hall–Kier alpha value is -2.50. The van der Waals surface area contributed by atoms with Crippen LogP contribution in [0.2, 0.25) is 0 Å². The maximum Gasteiger partial charge on any atom is 0.264 e. The number of para-hydroxylation sites is 1. The highest BCUT2D eigenvalue weighted by atomic mass is 32.1. The number of thiazole rings is 1. The molecule has 1 heterocycles. The van der Waals surface area contributed by atoms with E-state index in [0.717, 1.165) is 31.0 Å². The number of amides is 1. The van der Waals surface area contributed by atoms with Gasteiger partial charge in [-0.1, -0.05) is 44.2 Å². The van der Waals surface area contributed by atoms with Crippen molar-refractivity contribution < 1.29 is 4.79 Å². The minimum atomic E-state index is -0.0649. The minimum Gasteiger partial charge on any atom is -0.300 e. The van der Waals surface area contributed by atoms with Crippen LogP contribution in [0.5, 0.6) is 0 Å². The summed E-state index contributed by atoms with van der Waals surface area (Å²) in [6, 6.07) is 17.6. The lowest BCUT2D eigenvalue weighted by Gasteiger charge is -2.21. The third kappa shape index (κ3) is 4.62. The van der Waals surface area contributed by atoms with E-state index >= 15 is 0 Å². The number of aromatic nitrogens is 1. The zero-order chi connectivity index (χ0) is 19.2. The summed E-state index contributed by atoms with van der Waals surface area (Å²) in [5.74, 6) is -0.0649. The topological polar surface area (TPSA) is 36.4 Å². The zero-order valence-electron chi connectivity index (χ0n) is 16.1. The van der Waals surface area contributed by atoms with Crippen LogP contribution in [0.15, 0.2) is 60.0 Å². The number of rotatable bonds is 7. The Morgan fingerprint density at radius 2 is 1.67 bits per heavy atom. The van der Waals surface area contributed by atoms with Gasteiger partial charge in [-0.15, -0.1) is 11.3 Å². The first-order valence-electron chi connectivity index (χ1n) is 9.25. The zero-order valence-corrected chi connectivity index (χ0v) is 16.9. The summed E-state index contributed by atoms with van der Waals surface area (Å²) in [5, 5.41) is 2.65. The molecule has 5 heteroatoms. The first-order valence-corrected chi connectivity index (χ1v) is 10.1. The molecule has 4 nitrogen and oxygen atoms in total. The standard InChI is InChI=1S/C22H25N3OS/c1-4-24(5-2)15-18-11-13-19(14-12-18)21(26)25(20-9-7-6-8-10-20)22-23-17(3)16-27-22/h6-14,16H,4-5,15H2,1-3H3. The van der Waals surface area contributed by atoms with Gasteiger partial charge in [0, 0.05) is 17.5 Å². The van der Waals surface area contributed by atoms with Gasteiger partial charge in [0.15, 0.2) is 5.13 Å². The molecule has 140 valence electrons. The molecule has 0 fully saturated rings. The van der Waals surface area contributed by atoms with E-state index in [1.807, 2.05) is 66.9 Å². The Labute approximate surface area is 165 Å². The quantitative estimate of drug-likeness (QED) is 0.561. The molecule has 1 amide bonds. The summed E-state index contributed by atoms with van der Waals surface area (Å²) in [6.07, 6.45) is 0. The second kappa shape index (κ2) is 8.93. The maximum absolute atomic E-state index is 13.3. The number of aryl methyl sites for hydroxylation is 1. The largest absolute Gasteiger partial charge is 0.300 e. The van der Waals surface area contributed by atoms with Gasteiger partial charge in [0.1, 0.15) is 0 Å². The van der Waals surface area contributed by atoms with Crippen molar-refractivity contribution >= 4 is 28.1 Å². The molecule has 0 saturated heterocycles. The number of hydrogen-bond acceptors (Lipinski definition) is 4. The molecule has 0 unspecified atom stereocenters. The van der Waals surface area contributed by atoms with Gasteiger partial charge in [-0.3, -0.25) is 14.6 Å². The van der Waals surface area contributed by atoms with Crippen LogP contribution in [0.4, 0.5) is 10.8 Å². The fourth-order valence-electron chi connectivity index (χ4n) is 2.92. The normalized spacial score (nSPS) is 11.0. The van der Waals surface area contributed by atoms with Crippen LogP contribution in [0.3, 0.4) is 0 Å². The molecule has 27 heavy (non-hydrogen) atoms. The number of nitrogens with zero attached hydrogens (tertiary/aromatic N) is 3. The van der Waals surface area contributed by atoms with Crippen LogP contribution in [-0.2, 0) is 6.54 Å². The molecular formula is C22H25N3OS. The summed E-state index contributed by atoms with van der Waals surface area (Å²) >= 11 is 1.48. The highest BCUT2D eigenvalue weighted by Crippen LogP contribution is 2.30. The second-order valence-electron chi connectivity index (χ2n) is 6.41. The summed E-state index contributed by atoms with van der Waals surface area (Å²) in [6.45, 7) is 9.19. The molecule has 0 N–H and O–H groups in total. The van der Waals surface area contributed by atoms with E-state index in [1.165, 1.54) is 16.9 Å². The Morgan fingerprint density at radius 1 is 1.00 bits per heavy atom. The van der Waals surface area contributed by atoms with Crippen LogP contribution in [0.25, 0.3) is 0 Å². The smallest absolute Gasteiger partial charge is 0.264 e. The minimum absolute atomic E-state index is 0.0649. The molecule has 0 spiro atoms. The van der Waals surface area contributed by atoms with Gasteiger partial charge in [0.25, 0.3) is 5.91 Å². The fraction of sp³-hybridized carbons (Fsp3) is 0.273. The molecule has 1 aromatic heterocycles. The van der Waals surface area contributed by atoms with E-state index < -0.39 is 0 Å². The van der Waals surface area contributed by atoms with Crippen LogP contribution in [-0.4, -0.2) is 28.9 Å². The van der Waals surface area contributed by atoms with Crippen molar-refractivity contribution in [3.63, 3.8) is 0 Å². The summed E-state index contributed by atoms with van der Waals surface area (Å²) in [4.78, 5) is 21.9. The average Bonchev–Trinajstić information content (AvgIpc) is 3.13. The van der Waals surface area contributed by atoms with Crippen molar-refractivity contribution in [3.8, 4) is 0 Å². The van der Waals surface area contributed by atoms with Crippen molar-refractivity contribution in [2.45, 2.75) is 27.3 Å². The lowest BCUT2D eigenvalue weighted by atomic mass is 10.1. The Bertz CT molecular complexity index is 870. The second-order valence-corrected chi connectivity index (χ2v) is 7.24. The van der Waals surface area contributed by atoms with Crippen molar-refractivity contribution in [2.24, 2.45) is 0 Å². The van der Waals surface area contributed by atoms with E-state index in [-0.39, 0.29) is 5.91 Å². The first kappa shape index (κ1) is 19.3. The molecule has 3 aromatic rings. The first-order chi connectivity index (χ1) is 13.1. The van der Waals surface area contributed by atoms with E-state index in [9.17, 15) is 4.79 Å². The van der Waals surface area contributed by atoms with E-state index in [2.05, 4.69) is 23.7 Å². The Kier molecular flexibility index (Phi) is 6.37. The van der Waals surface area contributed by atoms with Crippen LogP contribution < -0.4 is 4.90 Å². The molecule has 2 aromatic carbocycles. The van der Waals surface area contributed by atoms with Crippen molar-refractivity contribution in [1.29, 1.82) is 0 Å². The Morgan fingerprint density at radius 3 is 2.22 bits per heavy atom. The SMILES string of the molecule is CCN(CC)Cc1ccc(C(=O)N(c2ccccc2)c2nc(C)cs2)cc1. The van der Waals surface area contributed by atoms with Crippen LogP contribution in [0, 0.1) is 6.92 Å². The number of carbonyl (C=O) groups excluding carboxylic acids is 1. The lowest BCUT2D eigenvalue weighted by molar-refractivity contribution is 0.0999. The maximum atomic E-state index is 13.3. The summed E-state index contributed by atoms with van der Waals surface area (Å²) in [7, 11) is 0. The Balaban J connectivity index is 1.88. The number of benzene rings is 2. The molecule has 3 rings (SSSR count). The van der Waals surface area contributed by atoms with Crippen LogP contribution >= 0.6 is 11.3 Å². The van der Waals surface area contributed by atoms with Gasteiger partial charge in [-0.05, 0) is 49.8 Å². The van der Waals surface area contributed by atoms with E-state index in [1.54, 1.807) is 4.90 Å². The molecule has 0 bridgehead atoms. The van der Waals surface area contributed by atoms with Gasteiger partial charge in [0.2, 0.25) is 0 Å². The number of carbonyl (C=O) groups is 1. The van der Waals surface area contributed by atoms with Gasteiger partial charge < -0.3 is 0 Å². The monoisotopic (exact) mass is 379 g/mol. The van der Waals surface area contributed by atoms with Gasteiger partial charge in [-0.25, -0.2) is 4.98 Å². The molecule has 0 aliphatic rings. The third-order valence-electron chi connectivity index (χ3n) is 4.52. The van der Waals surface area contributed by atoms with Crippen molar-refractivity contribution in [1.82, 2.24) is 9.88 Å². The van der Waals surface area contributed by atoms with Gasteiger partial charge in [0.05, 0.1) is 11.4 Å². The third-order valence-corrected chi connectivity index (χ3v) is 5.46. The van der Waals surface area contributed by atoms with E-state index in [4.69, 9.17) is 0 Å². The van der Waals surface area contributed by atoms with Crippen molar-refractivity contribution in [2.75, 3.05) is 18.0 Å². The molecule has 0 atom stereocenters. The number of anilines is 2. The molecule has 0 saturated carbocycles. The van der Waals surface area contributed by atoms with Gasteiger partial charge >= 0.3 is 0 Å². The predicted octanol–water partition coefficient (Wildman–Crippen LogP) is 5.27. The molecular weight excluding hydrogens is 354 g/mol. The lowest BCUT2D eigenvalue weighted by Crippen LogP contribution is -2.26. The summed E-state index contributed by atoms with van der Waals surface area (Å²) < 4.78 is 0. The average molecular weight is 380 g/mol. The van der Waals surface area contributed by atoms with Crippen LogP contribution in [0.1, 0.15) is 35.5 Å². The van der Waals surface area contributed by atoms with Crippen molar-refractivity contribution in [3.05, 3.63) is 76.8 Å². The molecule has 0 aliphatic carbocycles. The fourth-order valence-corrected chi connectivity index (χ4v) is 3.74. The highest BCUT2D eigenvalue weighted by molar-refractivity contribution is 7.14. The van der Waals surface area contributed by atoms with Gasteiger partial charge in [-0.2, -0.15) is 0 Å². The highest BCUT2D eigenvalue weighted by Gasteiger charge is 2.22. The molecule has 0 radical (unpaired) electrons. The summed E-state index contributed by atoms with van der Waals surface area (Å²) in [5.41, 5.74) is 3.61. The molecule has 0 aliphatic heterocycles.